The van der Waals surface area contributed by atoms with Gasteiger partial charge in [-0.2, -0.15) is 0 Å². The molecule has 0 saturated carbocycles. The molecule has 0 saturated heterocycles. The van der Waals surface area contributed by atoms with E-state index in [-0.39, 0.29) is 6.10 Å². The SMILES string of the molecule is COc1nc(Br)c(NC[C@H](C)OC)cc1Cl. The van der Waals surface area contributed by atoms with Crippen molar-refractivity contribution in [3.05, 3.63) is 15.7 Å². The Hall–Kier alpha value is -0.520. The first-order chi connectivity index (χ1) is 7.58. The Kier molecular flexibility index (Phi) is 5.31. The molecule has 1 heterocycles. The third-order valence-electron chi connectivity index (χ3n) is 2.07. The number of pyridine rings is 1. The van der Waals surface area contributed by atoms with Crippen LogP contribution in [-0.4, -0.2) is 31.9 Å². The van der Waals surface area contributed by atoms with Crippen molar-refractivity contribution < 1.29 is 9.47 Å². The largest absolute Gasteiger partial charge is 0.480 e. The maximum Gasteiger partial charge on any atom is 0.233 e. The van der Waals surface area contributed by atoms with Crippen molar-refractivity contribution in [3.8, 4) is 5.88 Å². The number of ether oxygens (including phenoxy) is 2. The molecule has 0 aliphatic rings. The smallest absolute Gasteiger partial charge is 0.233 e. The number of hydrogen-bond acceptors (Lipinski definition) is 4. The Labute approximate surface area is 108 Å². The lowest BCUT2D eigenvalue weighted by Crippen LogP contribution is -2.18. The zero-order valence-corrected chi connectivity index (χ0v) is 11.7. The van der Waals surface area contributed by atoms with Crippen molar-refractivity contribution in [3.63, 3.8) is 0 Å². The molecule has 16 heavy (non-hydrogen) atoms. The van der Waals surface area contributed by atoms with Crippen molar-refractivity contribution >= 4 is 33.2 Å². The summed E-state index contributed by atoms with van der Waals surface area (Å²) in [6, 6.07) is 1.76. The average Bonchev–Trinajstić information content (AvgIpc) is 2.29. The third kappa shape index (κ3) is 3.50. The van der Waals surface area contributed by atoms with Gasteiger partial charge in [0.2, 0.25) is 5.88 Å². The van der Waals surface area contributed by atoms with Crippen LogP contribution in [-0.2, 0) is 4.74 Å². The van der Waals surface area contributed by atoms with Crippen LogP contribution in [0, 0.1) is 0 Å². The topological polar surface area (TPSA) is 43.4 Å². The average molecular weight is 310 g/mol. The van der Waals surface area contributed by atoms with E-state index >= 15 is 0 Å². The van der Waals surface area contributed by atoms with E-state index in [0.29, 0.717) is 22.1 Å². The highest BCUT2D eigenvalue weighted by atomic mass is 79.9. The van der Waals surface area contributed by atoms with E-state index in [0.717, 1.165) is 5.69 Å². The molecule has 6 heteroatoms. The van der Waals surface area contributed by atoms with Gasteiger partial charge in [-0.1, -0.05) is 11.6 Å². The molecule has 4 nitrogen and oxygen atoms in total. The quantitative estimate of drug-likeness (QED) is 0.849. The highest BCUT2D eigenvalue weighted by Gasteiger charge is 2.09. The van der Waals surface area contributed by atoms with Gasteiger partial charge in [-0.25, -0.2) is 4.98 Å². The van der Waals surface area contributed by atoms with E-state index in [1.54, 1.807) is 13.2 Å². The van der Waals surface area contributed by atoms with Gasteiger partial charge in [-0.15, -0.1) is 0 Å². The van der Waals surface area contributed by atoms with Crippen LogP contribution in [0.4, 0.5) is 5.69 Å². The fourth-order valence-electron chi connectivity index (χ4n) is 1.05. The number of nitrogens with one attached hydrogen (secondary N) is 1. The molecule has 0 amide bonds. The molecule has 0 aliphatic heterocycles. The number of methoxy groups -OCH3 is 2. The van der Waals surface area contributed by atoms with Gasteiger partial charge in [0.1, 0.15) is 9.63 Å². The van der Waals surface area contributed by atoms with E-state index in [1.165, 1.54) is 7.11 Å². The fraction of sp³-hybridized carbons (Fsp3) is 0.500. The van der Waals surface area contributed by atoms with Crippen molar-refractivity contribution in [1.29, 1.82) is 0 Å². The highest BCUT2D eigenvalue weighted by molar-refractivity contribution is 9.10. The first kappa shape index (κ1) is 13.5. The predicted molar refractivity (Wildman–Crippen MR) is 68.5 cm³/mol. The van der Waals surface area contributed by atoms with E-state index < -0.39 is 0 Å². The lowest BCUT2D eigenvalue weighted by molar-refractivity contribution is 0.129. The summed E-state index contributed by atoms with van der Waals surface area (Å²) in [6.07, 6.45) is 0.118. The Morgan fingerprint density at radius 2 is 2.25 bits per heavy atom. The molecule has 1 aromatic rings. The number of anilines is 1. The number of halogens is 2. The second kappa shape index (κ2) is 6.27. The van der Waals surface area contributed by atoms with Crippen LogP contribution in [0.2, 0.25) is 5.02 Å². The zero-order chi connectivity index (χ0) is 12.1. The van der Waals surface area contributed by atoms with E-state index in [1.807, 2.05) is 6.92 Å². The summed E-state index contributed by atoms with van der Waals surface area (Å²) in [6.45, 7) is 2.65. The first-order valence-corrected chi connectivity index (χ1v) is 5.92. The van der Waals surface area contributed by atoms with Crippen LogP contribution in [0.1, 0.15) is 6.92 Å². The van der Waals surface area contributed by atoms with Crippen LogP contribution < -0.4 is 10.1 Å². The number of nitrogens with zero attached hydrogens (tertiary/aromatic N) is 1. The summed E-state index contributed by atoms with van der Waals surface area (Å²) in [7, 11) is 3.20. The van der Waals surface area contributed by atoms with Crippen molar-refractivity contribution in [2.75, 3.05) is 26.1 Å². The fourth-order valence-corrected chi connectivity index (χ4v) is 1.70. The third-order valence-corrected chi connectivity index (χ3v) is 2.95. The van der Waals surface area contributed by atoms with Crippen LogP contribution in [0.5, 0.6) is 5.88 Å². The van der Waals surface area contributed by atoms with Gasteiger partial charge < -0.3 is 14.8 Å². The number of rotatable bonds is 5. The molecule has 0 fully saturated rings. The van der Waals surface area contributed by atoms with Gasteiger partial charge in [0.15, 0.2) is 0 Å². The normalized spacial score (nSPS) is 12.3. The lowest BCUT2D eigenvalue weighted by atomic mass is 10.3. The van der Waals surface area contributed by atoms with Crippen LogP contribution in [0.25, 0.3) is 0 Å². The van der Waals surface area contributed by atoms with Crippen LogP contribution in [0.3, 0.4) is 0 Å². The minimum Gasteiger partial charge on any atom is -0.480 e. The molecule has 1 N–H and O–H groups in total. The van der Waals surface area contributed by atoms with Gasteiger partial charge >= 0.3 is 0 Å². The monoisotopic (exact) mass is 308 g/mol. The predicted octanol–water partition coefficient (Wildman–Crippen LogP) is 2.95. The summed E-state index contributed by atoms with van der Waals surface area (Å²) in [5, 5.41) is 3.65. The van der Waals surface area contributed by atoms with Crippen molar-refractivity contribution in [2.24, 2.45) is 0 Å². The Morgan fingerprint density at radius 1 is 1.56 bits per heavy atom. The molecule has 0 aromatic carbocycles. The molecule has 0 bridgehead atoms. The van der Waals surface area contributed by atoms with Gasteiger partial charge in [0.25, 0.3) is 0 Å². The minimum absolute atomic E-state index is 0.118. The maximum absolute atomic E-state index is 5.97. The van der Waals surface area contributed by atoms with Crippen LogP contribution in [0.15, 0.2) is 10.7 Å². The Morgan fingerprint density at radius 3 is 2.81 bits per heavy atom. The standard InChI is InChI=1S/C10H14BrClN2O2/c1-6(15-2)5-13-8-4-7(12)10(16-3)14-9(8)11/h4,6,13H,5H2,1-3H3/t6-/m0/s1. The van der Waals surface area contributed by atoms with Crippen molar-refractivity contribution in [1.82, 2.24) is 4.98 Å². The van der Waals surface area contributed by atoms with E-state index in [4.69, 9.17) is 21.1 Å². The van der Waals surface area contributed by atoms with Gasteiger partial charge in [-0.05, 0) is 28.9 Å². The molecule has 1 atom stereocenters. The summed E-state index contributed by atoms with van der Waals surface area (Å²) in [5.74, 6) is 0.402. The van der Waals surface area contributed by atoms with Gasteiger partial charge in [0, 0.05) is 13.7 Å². The Bertz CT molecular complexity index is 363. The first-order valence-electron chi connectivity index (χ1n) is 4.75. The summed E-state index contributed by atoms with van der Waals surface area (Å²) < 4.78 is 10.8. The maximum atomic E-state index is 5.97. The molecule has 0 spiro atoms. The Balaban J connectivity index is 2.77. The van der Waals surface area contributed by atoms with Crippen LogP contribution >= 0.6 is 27.5 Å². The molecule has 0 aliphatic carbocycles. The molecule has 90 valence electrons. The number of hydrogen-bond donors (Lipinski definition) is 1. The van der Waals surface area contributed by atoms with Gasteiger partial charge in [0.05, 0.1) is 18.9 Å². The minimum atomic E-state index is 0.118. The molecule has 1 aromatic heterocycles. The number of aromatic nitrogens is 1. The van der Waals surface area contributed by atoms with E-state index in [9.17, 15) is 0 Å². The molecule has 1 rings (SSSR count). The van der Waals surface area contributed by atoms with E-state index in [2.05, 4.69) is 26.2 Å². The molecule has 0 radical (unpaired) electrons. The summed E-state index contributed by atoms with van der Waals surface area (Å²) in [5.41, 5.74) is 0.815. The van der Waals surface area contributed by atoms with Crippen molar-refractivity contribution in [2.45, 2.75) is 13.0 Å². The van der Waals surface area contributed by atoms with Gasteiger partial charge in [-0.3, -0.25) is 0 Å². The zero-order valence-electron chi connectivity index (χ0n) is 9.38. The molecule has 0 unspecified atom stereocenters. The molecular formula is C10H14BrClN2O2. The second-order valence-corrected chi connectivity index (χ2v) is 4.40. The summed E-state index contributed by atoms with van der Waals surface area (Å²) in [4.78, 5) is 4.15. The summed E-state index contributed by atoms with van der Waals surface area (Å²) >= 11 is 9.31. The highest BCUT2D eigenvalue weighted by Crippen LogP contribution is 2.30. The molecular weight excluding hydrogens is 295 g/mol. The lowest BCUT2D eigenvalue weighted by Gasteiger charge is -2.13. The second-order valence-electron chi connectivity index (χ2n) is 3.25.